The third-order valence-corrected chi connectivity index (χ3v) is 3.36. The summed E-state index contributed by atoms with van der Waals surface area (Å²) in [6, 6.07) is 12.0. The molecule has 0 radical (unpaired) electrons. The molecular weight excluding hydrogens is 288 g/mol. The lowest BCUT2D eigenvalue weighted by molar-refractivity contribution is 0.102. The molecule has 102 valence electrons. The van der Waals surface area contributed by atoms with E-state index >= 15 is 0 Å². The fourth-order valence-corrected chi connectivity index (χ4v) is 2.19. The van der Waals surface area contributed by atoms with Crippen molar-refractivity contribution in [3.63, 3.8) is 0 Å². The quantitative estimate of drug-likeness (QED) is 0.761. The number of aromatic nitrogens is 2. The van der Waals surface area contributed by atoms with Gasteiger partial charge in [-0.25, -0.2) is 0 Å². The molecule has 0 saturated carbocycles. The van der Waals surface area contributed by atoms with Gasteiger partial charge in [-0.05, 0) is 30.3 Å². The number of hydrogen-bond donors (Lipinski definition) is 2. The molecule has 0 aliphatic carbocycles. The molecule has 2 aromatic carbocycles. The van der Waals surface area contributed by atoms with Gasteiger partial charge in [-0.1, -0.05) is 17.7 Å². The second-order valence-corrected chi connectivity index (χ2v) is 4.84. The minimum atomic E-state index is -0.257. The van der Waals surface area contributed by atoms with Crippen molar-refractivity contribution in [2.75, 3.05) is 5.32 Å². The summed E-state index contributed by atoms with van der Waals surface area (Å²) in [6.45, 7) is 0. The highest BCUT2D eigenvalue weighted by Gasteiger charge is 2.09. The van der Waals surface area contributed by atoms with Crippen molar-refractivity contribution in [3.05, 3.63) is 58.7 Å². The predicted octanol–water partition coefficient (Wildman–Crippen LogP) is 3.34. The Kier molecular flexibility index (Phi) is 3.30. The number of H-pyrrole nitrogens is 1. The van der Waals surface area contributed by atoms with Crippen molar-refractivity contribution in [2.24, 2.45) is 0 Å². The maximum atomic E-state index is 12.2. The van der Waals surface area contributed by atoms with Gasteiger partial charge in [0.15, 0.2) is 0 Å². The van der Waals surface area contributed by atoms with E-state index in [1.807, 2.05) is 12.1 Å². The largest absolute Gasteiger partial charge is 0.322 e. The third kappa shape index (κ3) is 2.57. The number of hydrogen-bond acceptors (Lipinski definition) is 3. The van der Waals surface area contributed by atoms with Crippen LogP contribution in [0.3, 0.4) is 0 Å². The lowest BCUT2D eigenvalue weighted by atomic mass is 10.1. The van der Waals surface area contributed by atoms with E-state index in [2.05, 4.69) is 15.5 Å². The number of rotatable bonds is 2. The number of nitrogens with zero attached hydrogens (tertiary/aromatic N) is 2. The van der Waals surface area contributed by atoms with E-state index in [1.165, 1.54) is 0 Å². The minimum absolute atomic E-state index is 0.257. The van der Waals surface area contributed by atoms with Crippen LogP contribution in [0.1, 0.15) is 15.9 Å². The number of nitrogens with one attached hydrogen (secondary N) is 2. The average molecular weight is 297 g/mol. The normalized spacial score (nSPS) is 10.3. The van der Waals surface area contributed by atoms with E-state index in [-0.39, 0.29) is 5.91 Å². The van der Waals surface area contributed by atoms with E-state index in [9.17, 15) is 4.79 Å². The fraction of sp³-hybridized carbons (Fsp3) is 0. The second kappa shape index (κ2) is 5.27. The number of nitriles is 1. The lowest BCUT2D eigenvalue weighted by Crippen LogP contribution is -2.11. The monoisotopic (exact) mass is 296 g/mol. The van der Waals surface area contributed by atoms with Crippen LogP contribution in [-0.2, 0) is 0 Å². The number of carbonyl (C=O) groups excluding carboxylic acids is 1. The molecule has 3 rings (SSSR count). The number of halogens is 1. The Bertz CT molecular complexity index is 879. The standard InChI is InChI=1S/C15H9ClN4O/c16-13-6-12(4-3-10(13)7-17)19-15(21)9-1-2-11-8-18-20-14(11)5-9/h1-6,8H,(H,18,20)(H,19,21). The van der Waals surface area contributed by atoms with Gasteiger partial charge in [0, 0.05) is 16.6 Å². The Hall–Kier alpha value is -2.84. The second-order valence-electron chi connectivity index (χ2n) is 4.43. The average Bonchev–Trinajstić information content (AvgIpc) is 2.94. The predicted molar refractivity (Wildman–Crippen MR) is 80.2 cm³/mol. The summed E-state index contributed by atoms with van der Waals surface area (Å²) in [4.78, 5) is 12.2. The van der Waals surface area contributed by atoms with Crippen LogP contribution < -0.4 is 5.32 Å². The Morgan fingerprint density at radius 2 is 2.14 bits per heavy atom. The number of anilines is 1. The minimum Gasteiger partial charge on any atom is -0.322 e. The maximum absolute atomic E-state index is 12.2. The maximum Gasteiger partial charge on any atom is 0.255 e. The third-order valence-electron chi connectivity index (χ3n) is 3.05. The van der Waals surface area contributed by atoms with Gasteiger partial charge >= 0.3 is 0 Å². The summed E-state index contributed by atoms with van der Waals surface area (Å²) in [5.41, 5.74) is 2.20. The van der Waals surface area contributed by atoms with E-state index in [1.54, 1.807) is 36.5 Å². The van der Waals surface area contributed by atoms with Gasteiger partial charge in [-0.2, -0.15) is 10.4 Å². The summed E-state index contributed by atoms with van der Waals surface area (Å²) in [5.74, 6) is -0.257. The van der Waals surface area contributed by atoms with Crippen LogP contribution in [0.5, 0.6) is 0 Å². The van der Waals surface area contributed by atoms with E-state index in [0.29, 0.717) is 21.8 Å². The van der Waals surface area contributed by atoms with Crippen LogP contribution >= 0.6 is 11.6 Å². The first-order chi connectivity index (χ1) is 10.2. The molecule has 0 unspecified atom stereocenters. The molecule has 0 fully saturated rings. The Labute approximate surface area is 125 Å². The first kappa shape index (κ1) is 13.2. The molecule has 1 aromatic heterocycles. The fourth-order valence-electron chi connectivity index (χ4n) is 1.97. The first-order valence-electron chi connectivity index (χ1n) is 6.11. The summed E-state index contributed by atoms with van der Waals surface area (Å²) < 4.78 is 0. The Morgan fingerprint density at radius 1 is 1.29 bits per heavy atom. The highest BCUT2D eigenvalue weighted by Crippen LogP contribution is 2.21. The van der Waals surface area contributed by atoms with Gasteiger partial charge < -0.3 is 5.32 Å². The highest BCUT2D eigenvalue weighted by atomic mass is 35.5. The summed E-state index contributed by atoms with van der Waals surface area (Å²) in [5, 5.41) is 19.5. The van der Waals surface area contributed by atoms with E-state index < -0.39 is 0 Å². The molecule has 0 spiro atoms. The number of benzene rings is 2. The van der Waals surface area contributed by atoms with E-state index in [4.69, 9.17) is 16.9 Å². The molecule has 1 amide bonds. The van der Waals surface area contributed by atoms with Gasteiger partial charge in [-0.15, -0.1) is 0 Å². The molecule has 6 heteroatoms. The topological polar surface area (TPSA) is 81.6 Å². The number of amides is 1. The molecule has 0 aliphatic heterocycles. The zero-order valence-corrected chi connectivity index (χ0v) is 11.5. The highest BCUT2D eigenvalue weighted by molar-refractivity contribution is 6.32. The SMILES string of the molecule is N#Cc1ccc(NC(=O)c2ccc3cn[nH]c3c2)cc1Cl. The molecule has 3 aromatic rings. The first-order valence-corrected chi connectivity index (χ1v) is 6.49. The number of carbonyl (C=O) groups is 1. The van der Waals surface area contributed by atoms with Crippen LogP contribution in [0.2, 0.25) is 5.02 Å². The molecule has 2 N–H and O–H groups in total. The molecule has 1 heterocycles. The molecule has 0 aliphatic rings. The van der Waals surface area contributed by atoms with E-state index in [0.717, 1.165) is 10.9 Å². The van der Waals surface area contributed by atoms with Crippen molar-refractivity contribution in [1.29, 1.82) is 5.26 Å². The van der Waals surface area contributed by atoms with Crippen LogP contribution in [0.4, 0.5) is 5.69 Å². The van der Waals surface area contributed by atoms with Crippen LogP contribution in [0, 0.1) is 11.3 Å². The molecule has 0 atom stereocenters. The number of fused-ring (bicyclic) bond motifs is 1. The molecule has 5 nitrogen and oxygen atoms in total. The van der Waals surface area contributed by atoms with Crippen molar-refractivity contribution >= 4 is 34.1 Å². The zero-order chi connectivity index (χ0) is 14.8. The van der Waals surface area contributed by atoms with Gasteiger partial charge in [0.1, 0.15) is 6.07 Å². The summed E-state index contributed by atoms with van der Waals surface area (Å²) in [6.07, 6.45) is 1.69. The zero-order valence-electron chi connectivity index (χ0n) is 10.7. The molecular formula is C15H9ClN4O. The smallest absolute Gasteiger partial charge is 0.255 e. The summed E-state index contributed by atoms with van der Waals surface area (Å²) >= 11 is 5.94. The van der Waals surface area contributed by atoms with Crippen molar-refractivity contribution in [3.8, 4) is 6.07 Å². The van der Waals surface area contributed by atoms with Gasteiger partial charge in [-0.3, -0.25) is 9.89 Å². The summed E-state index contributed by atoms with van der Waals surface area (Å²) in [7, 11) is 0. The van der Waals surface area contributed by atoms with Gasteiger partial charge in [0.25, 0.3) is 5.91 Å². The van der Waals surface area contributed by atoms with Crippen LogP contribution in [0.25, 0.3) is 10.9 Å². The van der Waals surface area contributed by atoms with Crippen LogP contribution in [-0.4, -0.2) is 16.1 Å². The van der Waals surface area contributed by atoms with Gasteiger partial charge in [0.05, 0.1) is 22.3 Å². The van der Waals surface area contributed by atoms with Crippen molar-refractivity contribution in [1.82, 2.24) is 10.2 Å². The Balaban J connectivity index is 1.85. The number of aromatic amines is 1. The van der Waals surface area contributed by atoms with Crippen molar-refractivity contribution in [2.45, 2.75) is 0 Å². The lowest BCUT2D eigenvalue weighted by Gasteiger charge is -2.06. The molecule has 0 bridgehead atoms. The Morgan fingerprint density at radius 3 is 2.90 bits per heavy atom. The van der Waals surface area contributed by atoms with Gasteiger partial charge in [0.2, 0.25) is 0 Å². The molecule has 0 saturated heterocycles. The van der Waals surface area contributed by atoms with Crippen molar-refractivity contribution < 1.29 is 4.79 Å². The molecule has 21 heavy (non-hydrogen) atoms. The van der Waals surface area contributed by atoms with Crippen LogP contribution in [0.15, 0.2) is 42.6 Å².